The van der Waals surface area contributed by atoms with Gasteiger partial charge in [0.25, 0.3) is 0 Å². The summed E-state index contributed by atoms with van der Waals surface area (Å²) in [5.74, 6) is 1.46. The van der Waals surface area contributed by atoms with Crippen molar-refractivity contribution in [3.63, 3.8) is 0 Å². The van der Waals surface area contributed by atoms with Gasteiger partial charge in [0, 0.05) is 12.7 Å². The lowest BCUT2D eigenvalue weighted by molar-refractivity contribution is -0.117. The molecule has 5 heteroatoms. The first kappa shape index (κ1) is 16.6. The van der Waals surface area contributed by atoms with Gasteiger partial charge in [-0.3, -0.25) is 4.79 Å². The number of nitrogens with zero attached hydrogens (tertiary/aromatic N) is 1. The fourth-order valence-corrected chi connectivity index (χ4v) is 3.54. The van der Waals surface area contributed by atoms with E-state index in [0.29, 0.717) is 0 Å². The topological polar surface area (TPSA) is 38.8 Å². The highest BCUT2D eigenvalue weighted by Gasteiger charge is 2.17. The molecule has 0 N–H and O–H groups in total. The molecule has 4 nitrogen and oxygen atoms in total. The van der Waals surface area contributed by atoms with Crippen LogP contribution in [0.4, 0.5) is 0 Å². The molecule has 1 aromatic carbocycles. The molecule has 0 radical (unpaired) electrons. The second kappa shape index (κ2) is 7.33. The van der Waals surface area contributed by atoms with Crippen molar-refractivity contribution < 1.29 is 14.3 Å². The smallest absolute Gasteiger partial charge is 0.209 e. The lowest BCUT2D eigenvalue weighted by Gasteiger charge is -2.25. The molecule has 0 fully saturated rings. The van der Waals surface area contributed by atoms with E-state index < -0.39 is 8.07 Å². The Morgan fingerprint density at radius 1 is 1.15 bits per heavy atom. The van der Waals surface area contributed by atoms with E-state index in [-0.39, 0.29) is 0 Å². The van der Waals surface area contributed by atoms with Crippen LogP contribution in [0.2, 0.25) is 19.6 Å². The molecule has 1 amide bonds. The van der Waals surface area contributed by atoms with Crippen LogP contribution < -0.4 is 9.47 Å². The van der Waals surface area contributed by atoms with E-state index in [2.05, 4.69) is 19.6 Å². The van der Waals surface area contributed by atoms with Crippen molar-refractivity contribution in [2.75, 3.05) is 26.9 Å². The van der Waals surface area contributed by atoms with Gasteiger partial charge in [0.2, 0.25) is 6.41 Å². The maximum Gasteiger partial charge on any atom is 0.209 e. The fourth-order valence-electron chi connectivity index (χ4n) is 2.09. The highest BCUT2D eigenvalue weighted by Crippen LogP contribution is 2.27. The quantitative estimate of drug-likeness (QED) is 0.546. The highest BCUT2D eigenvalue weighted by molar-refractivity contribution is 6.76. The van der Waals surface area contributed by atoms with Crippen LogP contribution >= 0.6 is 0 Å². The molecule has 0 unspecified atom stereocenters. The molecule has 0 bridgehead atoms. The summed E-state index contributed by atoms with van der Waals surface area (Å²) in [7, 11) is 1.99. The van der Waals surface area contributed by atoms with Crippen molar-refractivity contribution in [1.29, 1.82) is 0 Å². The van der Waals surface area contributed by atoms with Gasteiger partial charge in [-0.15, -0.1) is 0 Å². The molecule has 0 spiro atoms. The first-order chi connectivity index (χ1) is 9.39. The number of ether oxygens (including phenoxy) is 2. The second-order valence-corrected chi connectivity index (χ2v) is 11.5. The number of amides is 1. The van der Waals surface area contributed by atoms with Crippen LogP contribution in [0, 0.1) is 0 Å². The predicted octanol–water partition coefficient (Wildman–Crippen LogP) is 2.58. The van der Waals surface area contributed by atoms with Crippen molar-refractivity contribution in [3.05, 3.63) is 23.8 Å². The summed E-state index contributed by atoms with van der Waals surface area (Å²) >= 11 is 0. The average Bonchev–Trinajstić information content (AvgIpc) is 2.41. The van der Waals surface area contributed by atoms with Gasteiger partial charge in [0.1, 0.15) is 0 Å². The third kappa shape index (κ3) is 5.25. The first-order valence-corrected chi connectivity index (χ1v) is 10.5. The van der Waals surface area contributed by atoms with Crippen LogP contribution in [0.1, 0.15) is 5.56 Å². The number of carbonyl (C=O) groups is 1. The Morgan fingerprint density at radius 3 is 2.30 bits per heavy atom. The molecule has 112 valence electrons. The third-order valence-corrected chi connectivity index (χ3v) is 4.32. The molecule has 0 aromatic heterocycles. The summed E-state index contributed by atoms with van der Waals surface area (Å²) in [6, 6.07) is 5.88. The first-order valence-electron chi connectivity index (χ1n) is 6.80. The van der Waals surface area contributed by atoms with Gasteiger partial charge >= 0.3 is 0 Å². The predicted molar refractivity (Wildman–Crippen MR) is 84.2 cm³/mol. The van der Waals surface area contributed by atoms with Gasteiger partial charge in [-0.05, 0) is 24.1 Å². The average molecular weight is 295 g/mol. The Bertz CT molecular complexity index is 443. The summed E-state index contributed by atoms with van der Waals surface area (Å²) in [5.41, 5.74) is 1.14. The minimum Gasteiger partial charge on any atom is -0.493 e. The molecule has 0 saturated carbocycles. The fraction of sp³-hybridized carbons (Fsp3) is 0.533. The standard InChI is InChI=1S/C15H25NO3Si/c1-18-14-7-6-13(10-15(14)19-2)8-9-16(11-17)12-20(3,4)5/h6-7,10-11H,8-9,12H2,1-5H3. The second-order valence-electron chi connectivity index (χ2n) is 6.08. The van der Waals surface area contributed by atoms with E-state index in [0.717, 1.165) is 42.6 Å². The molecule has 0 aliphatic heterocycles. The van der Waals surface area contributed by atoms with Gasteiger partial charge < -0.3 is 14.4 Å². The van der Waals surface area contributed by atoms with Gasteiger partial charge in [-0.1, -0.05) is 25.7 Å². The van der Waals surface area contributed by atoms with Gasteiger partial charge in [-0.25, -0.2) is 0 Å². The Morgan fingerprint density at radius 2 is 1.80 bits per heavy atom. The third-order valence-electron chi connectivity index (χ3n) is 2.96. The molecule has 1 aromatic rings. The van der Waals surface area contributed by atoms with E-state index in [4.69, 9.17) is 9.47 Å². The monoisotopic (exact) mass is 295 g/mol. The summed E-state index contributed by atoms with van der Waals surface area (Å²) in [6.07, 6.45) is 2.67. The normalized spacial score (nSPS) is 11.1. The number of carbonyl (C=O) groups excluding carboxylic acids is 1. The zero-order chi connectivity index (χ0) is 15.2. The zero-order valence-electron chi connectivity index (χ0n) is 13.1. The maximum absolute atomic E-state index is 11.1. The minimum absolute atomic E-state index is 0.727. The summed E-state index contributed by atoms with van der Waals surface area (Å²) in [5, 5.41) is 0. The number of hydrogen-bond acceptors (Lipinski definition) is 3. The van der Waals surface area contributed by atoms with Crippen molar-refractivity contribution >= 4 is 14.5 Å². The van der Waals surface area contributed by atoms with E-state index >= 15 is 0 Å². The molecule has 0 saturated heterocycles. The molecule has 0 heterocycles. The molecular weight excluding hydrogens is 270 g/mol. The summed E-state index contributed by atoms with van der Waals surface area (Å²) < 4.78 is 10.5. The summed E-state index contributed by atoms with van der Waals surface area (Å²) in [6.45, 7) is 7.53. The van der Waals surface area contributed by atoms with Crippen molar-refractivity contribution in [1.82, 2.24) is 4.90 Å². The minimum atomic E-state index is -1.26. The number of benzene rings is 1. The Labute approximate surface area is 122 Å². The van der Waals surface area contributed by atoms with Crippen molar-refractivity contribution in [3.8, 4) is 11.5 Å². The molecule has 0 aliphatic carbocycles. The van der Waals surface area contributed by atoms with Crippen LogP contribution in [-0.4, -0.2) is 46.3 Å². The number of methoxy groups -OCH3 is 2. The lowest BCUT2D eigenvalue weighted by Crippen LogP contribution is -2.40. The Hall–Kier alpha value is -1.49. The van der Waals surface area contributed by atoms with Crippen LogP contribution in [0.5, 0.6) is 11.5 Å². The van der Waals surface area contributed by atoms with E-state index in [1.54, 1.807) is 14.2 Å². The van der Waals surface area contributed by atoms with E-state index in [1.807, 2.05) is 23.1 Å². The molecular formula is C15H25NO3Si. The largest absolute Gasteiger partial charge is 0.493 e. The van der Waals surface area contributed by atoms with Crippen LogP contribution in [-0.2, 0) is 11.2 Å². The Kier molecular flexibility index (Phi) is 6.07. The lowest BCUT2D eigenvalue weighted by atomic mass is 10.1. The molecule has 0 atom stereocenters. The summed E-state index contributed by atoms with van der Waals surface area (Å²) in [4.78, 5) is 13.0. The Balaban J connectivity index is 2.66. The van der Waals surface area contributed by atoms with E-state index in [9.17, 15) is 4.79 Å². The molecule has 1 rings (SSSR count). The van der Waals surface area contributed by atoms with E-state index in [1.165, 1.54) is 0 Å². The van der Waals surface area contributed by atoms with Crippen LogP contribution in [0.3, 0.4) is 0 Å². The van der Waals surface area contributed by atoms with Crippen molar-refractivity contribution in [2.45, 2.75) is 26.1 Å². The van der Waals surface area contributed by atoms with Gasteiger partial charge in [-0.2, -0.15) is 0 Å². The van der Waals surface area contributed by atoms with Crippen LogP contribution in [0.25, 0.3) is 0 Å². The number of rotatable bonds is 8. The maximum atomic E-state index is 11.1. The van der Waals surface area contributed by atoms with Gasteiger partial charge in [0.15, 0.2) is 11.5 Å². The molecule has 20 heavy (non-hydrogen) atoms. The highest BCUT2D eigenvalue weighted by atomic mass is 28.3. The van der Waals surface area contributed by atoms with Crippen LogP contribution in [0.15, 0.2) is 18.2 Å². The molecule has 0 aliphatic rings. The van der Waals surface area contributed by atoms with Gasteiger partial charge in [0.05, 0.1) is 22.3 Å². The van der Waals surface area contributed by atoms with Crippen molar-refractivity contribution in [2.24, 2.45) is 0 Å². The zero-order valence-corrected chi connectivity index (χ0v) is 14.1. The SMILES string of the molecule is COc1ccc(CCN(C=O)C[Si](C)(C)C)cc1OC. The number of hydrogen-bond donors (Lipinski definition) is 0.